The van der Waals surface area contributed by atoms with Crippen LogP contribution in [0.2, 0.25) is 5.02 Å². The van der Waals surface area contributed by atoms with Gasteiger partial charge >= 0.3 is 0 Å². The number of aryl methyl sites for hydroxylation is 1. The highest BCUT2D eigenvalue weighted by molar-refractivity contribution is 6.31. The summed E-state index contributed by atoms with van der Waals surface area (Å²) in [4.78, 5) is 11.9. The number of carbonyl (C=O) groups excluding carboxylic acids is 1. The second-order valence-corrected chi connectivity index (χ2v) is 5.93. The Morgan fingerprint density at radius 1 is 1.37 bits per heavy atom. The molecule has 0 aliphatic carbocycles. The number of hydrogen-bond acceptors (Lipinski definition) is 2. The van der Waals surface area contributed by atoms with E-state index < -0.39 is 0 Å². The lowest BCUT2D eigenvalue weighted by atomic mass is 9.99. The van der Waals surface area contributed by atoms with Crippen LogP contribution in [0.25, 0.3) is 0 Å². The standard InChI is InChI=1S/C15H23ClN2O/c1-5-8-15(3,4)17-10-14(19)18-13-9-12(16)7-6-11(13)2/h6-7,9,17H,5,8,10H2,1-4H3,(H,18,19). The van der Waals surface area contributed by atoms with Crippen LogP contribution in [0, 0.1) is 6.92 Å². The average Bonchev–Trinajstić information content (AvgIpc) is 2.31. The molecule has 0 aliphatic rings. The Bertz CT molecular complexity index is 444. The van der Waals surface area contributed by atoms with Crippen LogP contribution in [0.3, 0.4) is 0 Å². The van der Waals surface area contributed by atoms with Crippen molar-refractivity contribution in [3.05, 3.63) is 28.8 Å². The van der Waals surface area contributed by atoms with E-state index in [1.807, 2.05) is 19.1 Å². The second kappa shape index (κ2) is 6.92. The lowest BCUT2D eigenvalue weighted by molar-refractivity contribution is -0.115. The maximum Gasteiger partial charge on any atom is 0.238 e. The van der Waals surface area contributed by atoms with Crippen LogP contribution in [0.15, 0.2) is 18.2 Å². The fourth-order valence-corrected chi connectivity index (χ4v) is 2.13. The topological polar surface area (TPSA) is 41.1 Å². The third-order valence-corrected chi connectivity index (χ3v) is 3.31. The number of rotatable bonds is 6. The number of hydrogen-bond donors (Lipinski definition) is 2. The van der Waals surface area contributed by atoms with Gasteiger partial charge in [-0.3, -0.25) is 4.79 Å². The second-order valence-electron chi connectivity index (χ2n) is 5.49. The molecule has 0 heterocycles. The van der Waals surface area contributed by atoms with Crippen LogP contribution in [0.1, 0.15) is 39.2 Å². The van der Waals surface area contributed by atoms with Crippen molar-refractivity contribution < 1.29 is 4.79 Å². The molecule has 106 valence electrons. The molecule has 0 fully saturated rings. The van der Waals surface area contributed by atoms with Crippen molar-refractivity contribution >= 4 is 23.2 Å². The zero-order valence-electron chi connectivity index (χ0n) is 12.1. The van der Waals surface area contributed by atoms with Gasteiger partial charge in [-0.05, 0) is 44.9 Å². The summed E-state index contributed by atoms with van der Waals surface area (Å²) in [5.74, 6) is -0.0467. The van der Waals surface area contributed by atoms with Crippen molar-refractivity contribution in [2.45, 2.75) is 46.1 Å². The van der Waals surface area contributed by atoms with Gasteiger partial charge < -0.3 is 10.6 Å². The SMILES string of the molecule is CCCC(C)(C)NCC(=O)Nc1cc(Cl)ccc1C. The Kier molecular flexibility index (Phi) is 5.83. The minimum absolute atomic E-state index is 0.0184. The molecular weight excluding hydrogens is 260 g/mol. The predicted molar refractivity (Wildman–Crippen MR) is 81.8 cm³/mol. The van der Waals surface area contributed by atoms with E-state index in [0.717, 1.165) is 24.1 Å². The summed E-state index contributed by atoms with van der Waals surface area (Å²) in [6.07, 6.45) is 2.13. The number of benzene rings is 1. The predicted octanol–water partition coefficient (Wildman–Crippen LogP) is 3.76. The van der Waals surface area contributed by atoms with Gasteiger partial charge in [-0.15, -0.1) is 0 Å². The Morgan fingerprint density at radius 2 is 2.05 bits per heavy atom. The normalized spacial score (nSPS) is 11.4. The van der Waals surface area contributed by atoms with Gasteiger partial charge in [0, 0.05) is 16.2 Å². The van der Waals surface area contributed by atoms with E-state index in [2.05, 4.69) is 31.4 Å². The highest BCUT2D eigenvalue weighted by atomic mass is 35.5. The molecule has 2 N–H and O–H groups in total. The van der Waals surface area contributed by atoms with E-state index in [0.29, 0.717) is 11.6 Å². The fourth-order valence-electron chi connectivity index (χ4n) is 1.96. The number of amides is 1. The first kappa shape index (κ1) is 16.0. The number of anilines is 1. The summed E-state index contributed by atoms with van der Waals surface area (Å²) in [5, 5.41) is 6.77. The van der Waals surface area contributed by atoms with Crippen LogP contribution in [0.5, 0.6) is 0 Å². The summed E-state index contributed by atoms with van der Waals surface area (Å²) in [6, 6.07) is 5.48. The van der Waals surface area contributed by atoms with Gasteiger partial charge in [-0.2, -0.15) is 0 Å². The lowest BCUT2D eigenvalue weighted by Crippen LogP contribution is -2.43. The van der Waals surface area contributed by atoms with Crippen molar-refractivity contribution in [2.24, 2.45) is 0 Å². The van der Waals surface area contributed by atoms with E-state index in [1.54, 1.807) is 6.07 Å². The zero-order valence-corrected chi connectivity index (χ0v) is 12.9. The molecule has 1 aromatic rings. The molecule has 3 nitrogen and oxygen atoms in total. The van der Waals surface area contributed by atoms with Crippen LogP contribution in [-0.2, 0) is 4.79 Å². The first-order valence-corrected chi connectivity index (χ1v) is 7.03. The van der Waals surface area contributed by atoms with Gasteiger partial charge in [0.2, 0.25) is 5.91 Å². The molecule has 0 atom stereocenters. The van der Waals surface area contributed by atoms with Crippen molar-refractivity contribution in [2.75, 3.05) is 11.9 Å². The molecule has 0 unspecified atom stereocenters. The number of nitrogens with one attached hydrogen (secondary N) is 2. The highest BCUT2D eigenvalue weighted by Crippen LogP contribution is 2.20. The quantitative estimate of drug-likeness (QED) is 0.834. The molecule has 19 heavy (non-hydrogen) atoms. The van der Waals surface area contributed by atoms with E-state index >= 15 is 0 Å². The van der Waals surface area contributed by atoms with Gasteiger partial charge in [0.1, 0.15) is 0 Å². The lowest BCUT2D eigenvalue weighted by Gasteiger charge is -2.25. The van der Waals surface area contributed by atoms with E-state index in [9.17, 15) is 4.79 Å². The monoisotopic (exact) mass is 282 g/mol. The van der Waals surface area contributed by atoms with Crippen molar-refractivity contribution in [3.63, 3.8) is 0 Å². The molecule has 0 spiro atoms. The third-order valence-electron chi connectivity index (χ3n) is 3.08. The first-order chi connectivity index (χ1) is 8.84. The smallest absolute Gasteiger partial charge is 0.238 e. The van der Waals surface area contributed by atoms with Crippen LogP contribution >= 0.6 is 11.6 Å². The summed E-state index contributed by atoms with van der Waals surface area (Å²) in [5.41, 5.74) is 1.76. The molecule has 1 amide bonds. The van der Waals surface area contributed by atoms with E-state index in [-0.39, 0.29) is 11.4 Å². The molecule has 0 radical (unpaired) electrons. The third kappa shape index (κ3) is 5.62. The fraction of sp³-hybridized carbons (Fsp3) is 0.533. The van der Waals surface area contributed by atoms with Crippen molar-refractivity contribution in [1.29, 1.82) is 0 Å². The molecule has 0 saturated heterocycles. The van der Waals surface area contributed by atoms with Gasteiger partial charge in [-0.25, -0.2) is 0 Å². The van der Waals surface area contributed by atoms with Gasteiger partial charge in [0.05, 0.1) is 6.54 Å². The Morgan fingerprint density at radius 3 is 2.68 bits per heavy atom. The molecule has 4 heteroatoms. The van der Waals surface area contributed by atoms with E-state index in [4.69, 9.17) is 11.6 Å². The molecule has 0 saturated carbocycles. The molecule has 0 bridgehead atoms. The minimum Gasteiger partial charge on any atom is -0.325 e. The number of halogens is 1. The highest BCUT2D eigenvalue weighted by Gasteiger charge is 2.17. The van der Waals surface area contributed by atoms with Gasteiger partial charge in [0.15, 0.2) is 0 Å². The maximum atomic E-state index is 11.9. The average molecular weight is 283 g/mol. The minimum atomic E-state index is -0.0467. The van der Waals surface area contributed by atoms with E-state index in [1.165, 1.54) is 0 Å². The summed E-state index contributed by atoms with van der Waals surface area (Å²) in [7, 11) is 0. The Labute approximate surface area is 120 Å². The molecule has 1 rings (SSSR count). The summed E-state index contributed by atoms with van der Waals surface area (Å²) < 4.78 is 0. The summed E-state index contributed by atoms with van der Waals surface area (Å²) >= 11 is 5.92. The molecular formula is C15H23ClN2O. The largest absolute Gasteiger partial charge is 0.325 e. The van der Waals surface area contributed by atoms with Crippen LogP contribution < -0.4 is 10.6 Å². The Balaban J connectivity index is 2.54. The first-order valence-electron chi connectivity index (χ1n) is 6.65. The maximum absolute atomic E-state index is 11.9. The summed E-state index contributed by atoms with van der Waals surface area (Å²) in [6.45, 7) is 8.60. The van der Waals surface area contributed by atoms with Gasteiger partial charge in [0.25, 0.3) is 0 Å². The Hall–Kier alpha value is -1.06. The zero-order chi connectivity index (χ0) is 14.5. The van der Waals surface area contributed by atoms with Crippen molar-refractivity contribution in [3.8, 4) is 0 Å². The van der Waals surface area contributed by atoms with Gasteiger partial charge in [-0.1, -0.05) is 31.0 Å². The van der Waals surface area contributed by atoms with Crippen LogP contribution in [0.4, 0.5) is 5.69 Å². The van der Waals surface area contributed by atoms with Crippen LogP contribution in [-0.4, -0.2) is 18.0 Å². The number of carbonyl (C=O) groups is 1. The molecule has 1 aromatic carbocycles. The van der Waals surface area contributed by atoms with Crippen molar-refractivity contribution in [1.82, 2.24) is 5.32 Å². The molecule has 0 aliphatic heterocycles. The molecule has 0 aromatic heterocycles.